The van der Waals surface area contributed by atoms with Crippen LogP contribution in [0, 0.1) is 5.92 Å². The molecule has 1 saturated heterocycles. The van der Waals surface area contributed by atoms with Crippen molar-refractivity contribution in [3.63, 3.8) is 0 Å². The van der Waals surface area contributed by atoms with Crippen LogP contribution in [0.15, 0.2) is 30.3 Å². The first-order chi connectivity index (χ1) is 9.69. The van der Waals surface area contributed by atoms with Crippen LogP contribution in [0.2, 0.25) is 0 Å². The van der Waals surface area contributed by atoms with Crippen LogP contribution < -0.4 is 4.90 Å². The summed E-state index contributed by atoms with van der Waals surface area (Å²) in [6.07, 6.45) is 0.518. The number of rotatable bonds is 2. The van der Waals surface area contributed by atoms with E-state index in [1.165, 1.54) is 0 Å². The van der Waals surface area contributed by atoms with Crippen LogP contribution in [0.4, 0.5) is 5.82 Å². The van der Waals surface area contributed by atoms with E-state index < -0.39 is 0 Å². The van der Waals surface area contributed by atoms with E-state index in [-0.39, 0.29) is 18.6 Å². The summed E-state index contributed by atoms with van der Waals surface area (Å²) in [6.45, 7) is 3.60. The zero-order valence-electron chi connectivity index (χ0n) is 11.7. The second-order valence-corrected chi connectivity index (χ2v) is 5.60. The third kappa shape index (κ3) is 2.37. The van der Waals surface area contributed by atoms with E-state index >= 15 is 0 Å². The van der Waals surface area contributed by atoms with E-state index in [0.717, 1.165) is 41.8 Å². The summed E-state index contributed by atoms with van der Waals surface area (Å²) in [4.78, 5) is 6.89. The van der Waals surface area contributed by atoms with Crippen molar-refractivity contribution in [2.45, 2.75) is 26.1 Å². The zero-order chi connectivity index (χ0) is 14.1. The van der Waals surface area contributed by atoms with E-state index in [4.69, 9.17) is 4.98 Å². The van der Waals surface area contributed by atoms with Gasteiger partial charge >= 0.3 is 0 Å². The lowest BCUT2D eigenvalue weighted by Crippen LogP contribution is -2.42. The predicted molar refractivity (Wildman–Crippen MR) is 79.7 cm³/mol. The molecule has 4 heteroatoms. The number of pyridine rings is 1. The molecule has 1 aromatic carbocycles. The second kappa shape index (κ2) is 5.38. The molecule has 20 heavy (non-hydrogen) atoms. The molecular weight excluding hydrogens is 252 g/mol. The summed E-state index contributed by atoms with van der Waals surface area (Å²) in [5, 5.41) is 20.5. The molecule has 2 unspecified atom stereocenters. The second-order valence-electron chi connectivity index (χ2n) is 5.60. The Kier molecular flexibility index (Phi) is 3.59. The minimum atomic E-state index is -0.232. The first-order valence-electron chi connectivity index (χ1n) is 7.11. The summed E-state index contributed by atoms with van der Waals surface area (Å²) in [7, 11) is 0. The maximum atomic E-state index is 9.84. The molecule has 0 spiro atoms. The molecule has 1 aliphatic rings. The number of piperidine rings is 1. The van der Waals surface area contributed by atoms with Gasteiger partial charge in [0.1, 0.15) is 5.82 Å². The largest absolute Gasteiger partial charge is 0.393 e. The van der Waals surface area contributed by atoms with Gasteiger partial charge in [0.15, 0.2) is 0 Å². The summed E-state index contributed by atoms with van der Waals surface area (Å²) < 4.78 is 0. The lowest BCUT2D eigenvalue weighted by Gasteiger charge is -2.36. The van der Waals surface area contributed by atoms with E-state index in [1.54, 1.807) is 0 Å². The van der Waals surface area contributed by atoms with Gasteiger partial charge in [-0.2, -0.15) is 0 Å². The summed E-state index contributed by atoms with van der Waals surface area (Å²) in [5.41, 5.74) is 1.80. The predicted octanol–water partition coefficient (Wildman–Crippen LogP) is 1.93. The molecule has 0 bridgehead atoms. The number of aromatic nitrogens is 1. The Balaban J connectivity index is 2.01. The molecule has 3 rings (SSSR count). The fraction of sp³-hybridized carbons (Fsp3) is 0.438. The van der Waals surface area contributed by atoms with Crippen LogP contribution in [-0.2, 0) is 6.61 Å². The van der Waals surface area contributed by atoms with Gasteiger partial charge < -0.3 is 15.1 Å². The maximum Gasteiger partial charge on any atom is 0.134 e. The third-order valence-corrected chi connectivity index (χ3v) is 4.11. The Morgan fingerprint density at radius 2 is 2.15 bits per heavy atom. The van der Waals surface area contributed by atoms with Gasteiger partial charge in [-0.15, -0.1) is 0 Å². The van der Waals surface area contributed by atoms with E-state index in [9.17, 15) is 10.2 Å². The minimum absolute atomic E-state index is 0.0133. The van der Waals surface area contributed by atoms with E-state index in [1.807, 2.05) is 30.3 Å². The van der Waals surface area contributed by atoms with Crippen LogP contribution in [0.25, 0.3) is 10.9 Å². The van der Waals surface area contributed by atoms with Gasteiger partial charge in [0.25, 0.3) is 0 Å². The monoisotopic (exact) mass is 272 g/mol. The highest BCUT2D eigenvalue weighted by Crippen LogP contribution is 2.27. The number of hydrogen-bond donors (Lipinski definition) is 2. The third-order valence-electron chi connectivity index (χ3n) is 4.11. The minimum Gasteiger partial charge on any atom is -0.393 e. The standard InChI is InChI=1S/C16H20N2O2/c1-11-9-18(7-6-15(11)20)16-13(10-19)8-12-4-2-3-5-14(12)17-16/h2-5,8,11,15,19-20H,6-7,9-10H2,1H3. The highest BCUT2D eigenvalue weighted by molar-refractivity contribution is 5.81. The summed E-state index contributed by atoms with van der Waals surface area (Å²) in [6, 6.07) is 9.95. The molecule has 106 valence electrons. The van der Waals surface area contributed by atoms with Gasteiger partial charge in [-0.05, 0) is 24.5 Å². The molecule has 1 aliphatic heterocycles. The molecule has 2 heterocycles. The molecule has 0 saturated carbocycles. The van der Waals surface area contributed by atoms with Crippen molar-refractivity contribution in [3.8, 4) is 0 Å². The van der Waals surface area contributed by atoms with Crippen molar-refractivity contribution in [3.05, 3.63) is 35.9 Å². The summed E-state index contributed by atoms with van der Waals surface area (Å²) in [5.74, 6) is 1.08. The average molecular weight is 272 g/mol. The first kappa shape index (κ1) is 13.3. The first-order valence-corrected chi connectivity index (χ1v) is 7.11. The summed E-state index contributed by atoms with van der Waals surface area (Å²) >= 11 is 0. The molecular formula is C16H20N2O2. The molecule has 0 amide bonds. The molecule has 2 N–H and O–H groups in total. The highest BCUT2D eigenvalue weighted by atomic mass is 16.3. The van der Waals surface area contributed by atoms with Crippen molar-refractivity contribution in [2.24, 2.45) is 5.92 Å². The molecule has 4 nitrogen and oxygen atoms in total. The van der Waals surface area contributed by atoms with Crippen LogP contribution in [0.5, 0.6) is 0 Å². The average Bonchev–Trinajstić information content (AvgIpc) is 2.48. The van der Waals surface area contributed by atoms with Gasteiger partial charge in [0, 0.05) is 24.0 Å². The van der Waals surface area contributed by atoms with Crippen molar-refractivity contribution >= 4 is 16.7 Å². The van der Waals surface area contributed by atoms with Crippen LogP contribution in [-0.4, -0.2) is 34.4 Å². The van der Waals surface area contributed by atoms with Crippen LogP contribution in [0.1, 0.15) is 18.9 Å². The molecule has 1 aromatic heterocycles. The van der Waals surface area contributed by atoms with Crippen molar-refractivity contribution in [1.82, 2.24) is 4.98 Å². The quantitative estimate of drug-likeness (QED) is 0.877. The highest BCUT2D eigenvalue weighted by Gasteiger charge is 2.26. The topological polar surface area (TPSA) is 56.6 Å². The smallest absolute Gasteiger partial charge is 0.134 e. The number of nitrogens with zero attached hydrogens (tertiary/aromatic N) is 2. The van der Waals surface area contributed by atoms with Crippen molar-refractivity contribution in [2.75, 3.05) is 18.0 Å². The van der Waals surface area contributed by atoms with E-state index in [2.05, 4.69) is 11.8 Å². The Labute approximate surface area is 118 Å². The van der Waals surface area contributed by atoms with Crippen molar-refractivity contribution < 1.29 is 10.2 Å². The van der Waals surface area contributed by atoms with Crippen LogP contribution >= 0.6 is 0 Å². The van der Waals surface area contributed by atoms with Crippen LogP contribution in [0.3, 0.4) is 0 Å². The molecule has 2 aromatic rings. The van der Waals surface area contributed by atoms with Gasteiger partial charge in [-0.1, -0.05) is 25.1 Å². The Bertz CT molecular complexity index is 614. The van der Waals surface area contributed by atoms with Gasteiger partial charge in [-0.25, -0.2) is 4.98 Å². The maximum absolute atomic E-state index is 9.84. The number of hydrogen-bond acceptors (Lipinski definition) is 4. The van der Waals surface area contributed by atoms with E-state index in [0.29, 0.717) is 0 Å². The molecule has 0 radical (unpaired) electrons. The lowest BCUT2D eigenvalue weighted by molar-refractivity contribution is 0.0968. The normalized spacial score (nSPS) is 23.2. The lowest BCUT2D eigenvalue weighted by atomic mass is 9.96. The Morgan fingerprint density at radius 3 is 2.90 bits per heavy atom. The number of aliphatic hydroxyl groups excluding tert-OH is 2. The van der Waals surface area contributed by atoms with Gasteiger partial charge in [0.05, 0.1) is 18.2 Å². The SMILES string of the molecule is CC1CN(c2nc3ccccc3cc2CO)CCC1O. The fourth-order valence-electron chi connectivity index (χ4n) is 2.87. The Morgan fingerprint density at radius 1 is 1.35 bits per heavy atom. The number of para-hydroxylation sites is 1. The Hall–Kier alpha value is -1.65. The number of fused-ring (bicyclic) bond motifs is 1. The number of benzene rings is 1. The number of anilines is 1. The van der Waals surface area contributed by atoms with Crippen molar-refractivity contribution in [1.29, 1.82) is 0 Å². The zero-order valence-corrected chi connectivity index (χ0v) is 11.7. The van der Waals surface area contributed by atoms with Gasteiger partial charge in [0.2, 0.25) is 0 Å². The molecule has 1 fully saturated rings. The molecule has 2 atom stereocenters. The van der Waals surface area contributed by atoms with Gasteiger partial charge in [-0.3, -0.25) is 0 Å². The fourth-order valence-corrected chi connectivity index (χ4v) is 2.87. The molecule has 0 aliphatic carbocycles. The number of aliphatic hydroxyl groups is 2.